The maximum absolute atomic E-state index is 11.0. The molecule has 0 saturated carbocycles. The Morgan fingerprint density at radius 2 is 2.33 bits per heavy atom. The monoisotopic (exact) mass is 256 g/mol. The van der Waals surface area contributed by atoms with Gasteiger partial charge in [-0.3, -0.25) is 4.98 Å². The van der Waals surface area contributed by atoms with Gasteiger partial charge in [0.2, 0.25) is 0 Å². The summed E-state index contributed by atoms with van der Waals surface area (Å²) in [6.07, 6.45) is 2.84. The van der Waals surface area contributed by atoms with Crippen LogP contribution in [0.5, 0.6) is 5.95 Å². The minimum atomic E-state index is -0.673. The minimum absolute atomic E-state index is 0.177. The number of ether oxygens (including phenoxy) is 1. The predicted molar refractivity (Wildman–Crippen MR) is 63.5 cm³/mol. The Hall–Kier alpha value is -2.18. The molecule has 18 heavy (non-hydrogen) atoms. The van der Waals surface area contributed by atoms with Crippen molar-refractivity contribution in [3.63, 3.8) is 0 Å². The van der Waals surface area contributed by atoms with Crippen molar-refractivity contribution in [3.8, 4) is 5.95 Å². The summed E-state index contributed by atoms with van der Waals surface area (Å²) in [7, 11) is 0. The van der Waals surface area contributed by atoms with E-state index in [9.17, 15) is 14.7 Å². The summed E-state index contributed by atoms with van der Waals surface area (Å²) in [6.45, 7) is 4.05. The lowest BCUT2D eigenvalue weighted by atomic mass is 10.2. The van der Waals surface area contributed by atoms with E-state index in [1.165, 1.54) is 6.08 Å². The van der Waals surface area contributed by atoms with E-state index in [1.807, 2.05) is 0 Å². The number of amides is 1. The fourth-order valence-electron chi connectivity index (χ4n) is 1.32. The van der Waals surface area contributed by atoms with E-state index in [0.29, 0.717) is 31.5 Å². The third kappa shape index (κ3) is 4.77. The molecule has 1 aromatic rings. The molecule has 1 rings (SSSR count). The fourth-order valence-corrected chi connectivity index (χ4v) is 1.32. The van der Waals surface area contributed by atoms with Crippen LogP contribution in [0.25, 0.3) is 0 Å². The summed E-state index contributed by atoms with van der Waals surface area (Å²) in [5.74, 6) is -1.05. The third-order valence-corrected chi connectivity index (χ3v) is 2.16. The molecule has 0 aliphatic rings. The molecule has 3 N–H and O–H groups in total. The zero-order chi connectivity index (χ0) is 13.4. The van der Waals surface area contributed by atoms with E-state index >= 15 is 0 Å². The molecule has 0 aliphatic carbocycles. The molecular weight excluding hydrogens is 240 g/mol. The Morgan fingerprint density at radius 3 is 2.94 bits per heavy atom. The molecule has 0 bridgehead atoms. The predicted octanol–water partition coefficient (Wildman–Crippen LogP) is 0.908. The number of aryl methyl sites for hydroxylation is 1. The van der Waals surface area contributed by atoms with Gasteiger partial charge in [-0.15, -0.1) is 0 Å². The quantitative estimate of drug-likeness (QED) is 0.496. The number of carbonyl (C=O) groups is 1. The standard InChI is InChI=1S/C11H16N2O5/c1-2-7-17-10(15)12-6-4-3-5-8-9(14)18-11(16)13-8/h2,14H,1,3-7H2,(H,12,15)(H,13,16). The molecule has 100 valence electrons. The highest BCUT2D eigenvalue weighted by atomic mass is 16.5. The summed E-state index contributed by atoms with van der Waals surface area (Å²) >= 11 is 0. The lowest BCUT2D eigenvalue weighted by Gasteiger charge is -2.04. The second-order valence-electron chi connectivity index (χ2n) is 3.57. The van der Waals surface area contributed by atoms with Crippen LogP contribution in [-0.4, -0.2) is 29.3 Å². The molecule has 1 aromatic heterocycles. The molecule has 0 aromatic carbocycles. The normalized spacial score (nSPS) is 10.0. The minimum Gasteiger partial charge on any atom is -0.479 e. The maximum Gasteiger partial charge on any atom is 0.419 e. The third-order valence-electron chi connectivity index (χ3n) is 2.16. The van der Waals surface area contributed by atoms with Crippen molar-refractivity contribution in [1.82, 2.24) is 10.3 Å². The second-order valence-corrected chi connectivity index (χ2v) is 3.57. The smallest absolute Gasteiger partial charge is 0.419 e. The number of carbonyl (C=O) groups excluding carboxylic acids is 1. The molecular formula is C11H16N2O5. The number of aromatic amines is 1. The largest absolute Gasteiger partial charge is 0.479 e. The summed E-state index contributed by atoms with van der Waals surface area (Å²) in [4.78, 5) is 24.1. The molecule has 7 heteroatoms. The topological polar surface area (TPSA) is 105 Å². The van der Waals surface area contributed by atoms with Gasteiger partial charge >= 0.3 is 17.8 Å². The average Bonchev–Trinajstić information content (AvgIpc) is 2.65. The van der Waals surface area contributed by atoms with Crippen molar-refractivity contribution in [2.24, 2.45) is 0 Å². The van der Waals surface area contributed by atoms with Crippen LogP contribution < -0.4 is 11.1 Å². The summed E-state index contributed by atoms with van der Waals surface area (Å²) in [6, 6.07) is 0. The number of unbranched alkanes of at least 4 members (excludes halogenated alkanes) is 1. The van der Waals surface area contributed by atoms with Gasteiger partial charge in [0, 0.05) is 6.54 Å². The van der Waals surface area contributed by atoms with Gasteiger partial charge in [-0.2, -0.15) is 0 Å². The van der Waals surface area contributed by atoms with E-state index in [-0.39, 0.29) is 12.6 Å². The Kier molecular flexibility index (Phi) is 5.56. The van der Waals surface area contributed by atoms with Crippen molar-refractivity contribution >= 4 is 6.09 Å². The first-order valence-electron chi connectivity index (χ1n) is 5.56. The summed E-state index contributed by atoms with van der Waals surface area (Å²) in [5, 5.41) is 11.7. The van der Waals surface area contributed by atoms with Gasteiger partial charge in [-0.25, -0.2) is 9.59 Å². The SMILES string of the molecule is C=CCOC(=O)NCCCCc1[nH]c(=O)oc1O. The number of oxazole rings is 1. The van der Waals surface area contributed by atoms with Gasteiger partial charge < -0.3 is 19.6 Å². The first kappa shape index (κ1) is 13.9. The van der Waals surface area contributed by atoms with Gasteiger partial charge in [-0.05, 0) is 19.3 Å². The highest BCUT2D eigenvalue weighted by Gasteiger charge is 2.07. The Balaban J connectivity index is 2.12. The van der Waals surface area contributed by atoms with Gasteiger partial charge in [0.1, 0.15) is 12.3 Å². The van der Waals surface area contributed by atoms with Gasteiger partial charge in [0.25, 0.3) is 0 Å². The van der Waals surface area contributed by atoms with E-state index in [4.69, 9.17) is 4.74 Å². The number of aromatic hydroxyl groups is 1. The van der Waals surface area contributed by atoms with Crippen LogP contribution >= 0.6 is 0 Å². The molecule has 1 amide bonds. The Morgan fingerprint density at radius 1 is 1.56 bits per heavy atom. The van der Waals surface area contributed by atoms with Crippen LogP contribution in [-0.2, 0) is 11.2 Å². The Labute approximate surface area is 103 Å². The van der Waals surface area contributed by atoms with Crippen LogP contribution in [0.2, 0.25) is 0 Å². The molecule has 0 unspecified atom stereocenters. The zero-order valence-electron chi connectivity index (χ0n) is 9.90. The van der Waals surface area contributed by atoms with Crippen molar-refractivity contribution in [3.05, 3.63) is 28.9 Å². The molecule has 0 aliphatic heterocycles. The van der Waals surface area contributed by atoms with Crippen molar-refractivity contribution < 1.29 is 19.1 Å². The highest BCUT2D eigenvalue weighted by molar-refractivity contribution is 5.67. The van der Waals surface area contributed by atoms with E-state index in [1.54, 1.807) is 0 Å². The summed E-state index contributed by atoms with van der Waals surface area (Å²) < 4.78 is 9.11. The number of hydrogen-bond acceptors (Lipinski definition) is 5. The van der Waals surface area contributed by atoms with E-state index < -0.39 is 11.8 Å². The van der Waals surface area contributed by atoms with E-state index in [2.05, 4.69) is 21.3 Å². The molecule has 0 saturated heterocycles. The van der Waals surface area contributed by atoms with Gasteiger partial charge in [0.15, 0.2) is 0 Å². The van der Waals surface area contributed by atoms with Crippen molar-refractivity contribution in [2.45, 2.75) is 19.3 Å². The lowest BCUT2D eigenvalue weighted by Crippen LogP contribution is -2.25. The number of rotatable bonds is 7. The van der Waals surface area contributed by atoms with Crippen LogP contribution in [0.1, 0.15) is 18.5 Å². The van der Waals surface area contributed by atoms with Gasteiger partial charge in [-0.1, -0.05) is 12.7 Å². The van der Waals surface area contributed by atoms with Crippen LogP contribution in [0.15, 0.2) is 21.9 Å². The molecule has 7 nitrogen and oxygen atoms in total. The van der Waals surface area contributed by atoms with Crippen molar-refractivity contribution in [1.29, 1.82) is 0 Å². The number of hydrogen-bond donors (Lipinski definition) is 3. The number of alkyl carbamates (subject to hydrolysis) is 1. The second kappa shape index (κ2) is 7.21. The lowest BCUT2D eigenvalue weighted by molar-refractivity contribution is 0.158. The molecule has 0 radical (unpaired) electrons. The number of H-pyrrole nitrogens is 1. The molecule has 1 heterocycles. The molecule has 0 atom stereocenters. The zero-order valence-corrected chi connectivity index (χ0v) is 9.90. The van der Waals surface area contributed by atoms with Crippen LogP contribution in [0.3, 0.4) is 0 Å². The fraction of sp³-hybridized carbons (Fsp3) is 0.455. The van der Waals surface area contributed by atoms with Gasteiger partial charge in [0.05, 0.1) is 0 Å². The number of nitrogens with one attached hydrogen (secondary N) is 2. The molecule has 0 fully saturated rings. The Bertz CT molecular complexity index is 449. The highest BCUT2D eigenvalue weighted by Crippen LogP contribution is 2.13. The summed E-state index contributed by atoms with van der Waals surface area (Å²) in [5.41, 5.74) is 0.370. The average molecular weight is 256 g/mol. The van der Waals surface area contributed by atoms with Crippen molar-refractivity contribution in [2.75, 3.05) is 13.2 Å². The first-order chi connectivity index (χ1) is 8.63. The van der Waals surface area contributed by atoms with Crippen LogP contribution in [0.4, 0.5) is 4.79 Å². The first-order valence-corrected chi connectivity index (χ1v) is 5.56. The van der Waals surface area contributed by atoms with E-state index in [0.717, 1.165) is 0 Å². The number of aromatic nitrogens is 1. The molecule has 0 spiro atoms. The van der Waals surface area contributed by atoms with Crippen LogP contribution in [0, 0.1) is 0 Å². The maximum atomic E-state index is 11.0.